The lowest BCUT2D eigenvalue weighted by Gasteiger charge is -2.05. The molecule has 0 aliphatic heterocycles. The van der Waals surface area contributed by atoms with Gasteiger partial charge in [-0.3, -0.25) is 4.79 Å². The molecule has 1 aromatic rings. The average molecular weight is 295 g/mol. The number of carboxylic acid groups (broad SMARTS) is 1. The van der Waals surface area contributed by atoms with Gasteiger partial charge in [-0.1, -0.05) is 11.6 Å². The first-order valence-electron chi connectivity index (χ1n) is 3.82. The number of halogens is 3. The number of rotatable bonds is 3. The standard InChI is InChI=1S/C9H5BrClFO3/c10-8-4(3-7(13)9(14)15)6(12)2-1-5(8)11/h1-2H,3H2,(H,14,15). The van der Waals surface area contributed by atoms with Gasteiger partial charge in [-0.15, -0.1) is 0 Å². The van der Waals surface area contributed by atoms with Crippen molar-refractivity contribution in [2.24, 2.45) is 0 Å². The lowest BCUT2D eigenvalue weighted by molar-refractivity contribution is -0.148. The molecule has 1 rings (SSSR count). The fraction of sp³-hybridized carbons (Fsp3) is 0.111. The number of carboxylic acids is 1. The number of carbonyl (C=O) groups excluding carboxylic acids is 1. The summed E-state index contributed by atoms with van der Waals surface area (Å²) in [4.78, 5) is 21.2. The van der Waals surface area contributed by atoms with Crippen LogP contribution >= 0.6 is 27.5 Å². The molecule has 0 heterocycles. The zero-order valence-corrected chi connectivity index (χ0v) is 9.60. The van der Waals surface area contributed by atoms with Gasteiger partial charge >= 0.3 is 5.97 Å². The van der Waals surface area contributed by atoms with E-state index in [1.54, 1.807) is 0 Å². The molecule has 0 unspecified atom stereocenters. The van der Waals surface area contributed by atoms with Crippen molar-refractivity contribution < 1.29 is 19.1 Å². The summed E-state index contributed by atoms with van der Waals surface area (Å²) in [6.45, 7) is 0. The van der Waals surface area contributed by atoms with Gasteiger partial charge in [0.2, 0.25) is 5.78 Å². The van der Waals surface area contributed by atoms with E-state index in [0.717, 1.165) is 6.07 Å². The molecule has 0 aromatic heterocycles. The largest absolute Gasteiger partial charge is 0.475 e. The van der Waals surface area contributed by atoms with E-state index in [0.29, 0.717) is 0 Å². The third-order valence-electron chi connectivity index (χ3n) is 1.71. The van der Waals surface area contributed by atoms with Crippen LogP contribution in [0.5, 0.6) is 0 Å². The van der Waals surface area contributed by atoms with E-state index in [2.05, 4.69) is 15.9 Å². The van der Waals surface area contributed by atoms with E-state index in [4.69, 9.17) is 16.7 Å². The Hall–Kier alpha value is -0.940. The minimum atomic E-state index is -1.60. The van der Waals surface area contributed by atoms with Crippen molar-refractivity contribution >= 4 is 39.3 Å². The molecule has 0 atom stereocenters. The molecule has 6 heteroatoms. The van der Waals surface area contributed by atoms with Crippen molar-refractivity contribution in [2.45, 2.75) is 6.42 Å². The third kappa shape index (κ3) is 2.76. The molecule has 0 saturated heterocycles. The van der Waals surface area contributed by atoms with Crippen LogP contribution in [0.1, 0.15) is 5.56 Å². The highest BCUT2D eigenvalue weighted by Crippen LogP contribution is 2.28. The maximum atomic E-state index is 13.2. The van der Waals surface area contributed by atoms with Crippen LogP contribution in [0.4, 0.5) is 4.39 Å². The minimum Gasteiger partial charge on any atom is -0.475 e. The van der Waals surface area contributed by atoms with E-state index in [1.807, 2.05) is 0 Å². The van der Waals surface area contributed by atoms with E-state index in [-0.39, 0.29) is 15.1 Å². The van der Waals surface area contributed by atoms with Crippen molar-refractivity contribution in [2.75, 3.05) is 0 Å². The Morgan fingerprint density at radius 3 is 2.60 bits per heavy atom. The number of hydrogen-bond donors (Lipinski definition) is 1. The molecule has 0 bridgehead atoms. The predicted molar refractivity (Wildman–Crippen MR) is 55.5 cm³/mol. The molecule has 0 aliphatic rings. The van der Waals surface area contributed by atoms with Gasteiger partial charge in [-0.05, 0) is 28.1 Å². The fourth-order valence-electron chi connectivity index (χ4n) is 0.967. The van der Waals surface area contributed by atoms with Gasteiger partial charge in [0.25, 0.3) is 0 Å². The Bertz CT molecular complexity index is 434. The van der Waals surface area contributed by atoms with Crippen molar-refractivity contribution in [1.29, 1.82) is 0 Å². The predicted octanol–water partition coefficient (Wildman–Crippen LogP) is 2.44. The summed E-state index contributed by atoms with van der Waals surface area (Å²) in [5.74, 6) is -3.35. The maximum absolute atomic E-state index is 13.2. The summed E-state index contributed by atoms with van der Waals surface area (Å²) < 4.78 is 13.4. The van der Waals surface area contributed by atoms with Crippen LogP contribution in [0.2, 0.25) is 5.02 Å². The third-order valence-corrected chi connectivity index (χ3v) is 3.16. The van der Waals surface area contributed by atoms with Crippen LogP contribution in [0.25, 0.3) is 0 Å². The second-order valence-corrected chi connectivity index (χ2v) is 3.93. The first-order valence-corrected chi connectivity index (χ1v) is 4.99. The van der Waals surface area contributed by atoms with Crippen molar-refractivity contribution in [1.82, 2.24) is 0 Å². The van der Waals surface area contributed by atoms with Crippen molar-refractivity contribution in [3.63, 3.8) is 0 Å². The highest BCUT2D eigenvalue weighted by Gasteiger charge is 2.18. The Morgan fingerprint density at radius 2 is 2.07 bits per heavy atom. The highest BCUT2D eigenvalue weighted by molar-refractivity contribution is 9.10. The SMILES string of the molecule is O=C(O)C(=O)Cc1c(F)ccc(Cl)c1Br. The van der Waals surface area contributed by atoms with E-state index in [1.165, 1.54) is 6.07 Å². The monoisotopic (exact) mass is 294 g/mol. The molecule has 0 amide bonds. The van der Waals surface area contributed by atoms with Crippen LogP contribution in [0, 0.1) is 5.82 Å². The van der Waals surface area contributed by atoms with Gasteiger partial charge in [0.1, 0.15) is 5.82 Å². The molecule has 1 N–H and O–H groups in total. The smallest absolute Gasteiger partial charge is 0.372 e. The molecule has 80 valence electrons. The zero-order valence-electron chi connectivity index (χ0n) is 7.26. The van der Waals surface area contributed by atoms with Gasteiger partial charge < -0.3 is 5.11 Å². The molecule has 3 nitrogen and oxygen atoms in total. The quantitative estimate of drug-likeness (QED) is 0.688. The second-order valence-electron chi connectivity index (χ2n) is 2.73. The van der Waals surface area contributed by atoms with Crippen LogP contribution in [0.3, 0.4) is 0 Å². The van der Waals surface area contributed by atoms with E-state index >= 15 is 0 Å². The topological polar surface area (TPSA) is 54.4 Å². The zero-order chi connectivity index (χ0) is 11.6. The Balaban J connectivity index is 3.09. The summed E-state index contributed by atoms with van der Waals surface area (Å²) >= 11 is 8.67. The van der Waals surface area contributed by atoms with Crippen molar-refractivity contribution in [3.8, 4) is 0 Å². The fourth-order valence-corrected chi connectivity index (χ4v) is 1.61. The summed E-state index contributed by atoms with van der Waals surface area (Å²) in [5.41, 5.74) is -0.0464. The number of Topliss-reactive ketones (excluding diaryl/α,β-unsaturated/α-hetero) is 1. The van der Waals surface area contributed by atoms with Gasteiger partial charge in [0, 0.05) is 16.5 Å². The van der Waals surface area contributed by atoms with Crippen LogP contribution in [-0.4, -0.2) is 16.9 Å². The molecule has 0 radical (unpaired) electrons. The maximum Gasteiger partial charge on any atom is 0.372 e. The van der Waals surface area contributed by atoms with E-state index in [9.17, 15) is 14.0 Å². The minimum absolute atomic E-state index is 0.0464. The Kier molecular flexibility index (Phi) is 3.82. The summed E-state index contributed by atoms with van der Waals surface area (Å²) in [5, 5.41) is 8.60. The lowest BCUT2D eigenvalue weighted by Crippen LogP contribution is -2.16. The number of benzene rings is 1. The summed E-state index contributed by atoms with van der Waals surface area (Å²) in [6.07, 6.45) is -0.525. The molecule has 0 aliphatic carbocycles. The van der Waals surface area contributed by atoms with E-state index < -0.39 is 24.0 Å². The van der Waals surface area contributed by atoms with Crippen LogP contribution < -0.4 is 0 Å². The number of carbonyl (C=O) groups is 2. The molecule has 0 saturated carbocycles. The lowest BCUT2D eigenvalue weighted by atomic mass is 10.1. The van der Waals surface area contributed by atoms with Crippen molar-refractivity contribution in [3.05, 3.63) is 33.0 Å². The molecular formula is C9H5BrClFO3. The molecule has 0 fully saturated rings. The van der Waals surface area contributed by atoms with Gasteiger partial charge in [-0.2, -0.15) is 0 Å². The van der Waals surface area contributed by atoms with Crippen LogP contribution in [-0.2, 0) is 16.0 Å². The summed E-state index contributed by atoms with van der Waals surface area (Å²) in [6, 6.07) is 2.40. The average Bonchev–Trinajstić information content (AvgIpc) is 2.18. The Labute approximate surface area is 98.0 Å². The van der Waals surface area contributed by atoms with Gasteiger partial charge in [-0.25, -0.2) is 9.18 Å². The first-order chi connectivity index (χ1) is 6.93. The second kappa shape index (κ2) is 4.72. The summed E-state index contributed by atoms with van der Waals surface area (Å²) in [7, 11) is 0. The number of hydrogen-bond acceptors (Lipinski definition) is 2. The molecule has 0 spiro atoms. The molecule has 15 heavy (non-hydrogen) atoms. The molecular weight excluding hydrogens is 290 g/mol. The number of ketones is 1. The van der Waals surface area contributed by atoms with Gasteiger partial charge in [0.15, 0.2) is 0 Å². The number of aliphatic carboxylic acids is 1. The van der Waals surface area contributed by atoms with Crippen LogP contribution in [0.15, 0.2) is 16.6 Å². The Morgan fingerprint density at radius 1 is 1.47 bits per heavy atom. The highest BCUT2D eigenvalue weighted by atomic mass is 79.9. The first kappa shape index (κ1) is 12.1. The molecule has 1 aromatic carbocycles. The van der Waals surface area contributed by atoms with Gasteiger partial charge in [0.05, 0.1) is 5.02 Å². The normalized spacial score (nSPS) is 10.1.